The van der Waals surface area contributed by atoms with E-state index in [1.807, 2.05) is 10.8 Å². The largest absolute Gasteiger partial charge is 0.480 e. The quantitative estimate of drug-likeness (QED) is 0.675. The highest BCUT2D eigenvalue weighted by molar-refractivity contribution is 9.10. The van der Waals surface area contributed by atoms with Crippen molar-refractivity contribution in [2.24, 2.45) is 5.73 Å². The van der Waals surface area contributed by atoms with Gasteiger partial charge in [0.25, 0.3) is 5.91 Å². The number of aromatic nitrogens is 1. The molecule has 4 N–H and O–H groups in total. The van der Waals surface area contributed by atoms with Crippen LogP contribution in [0.5, 0.6) is 0 Å². The molecule has 0 aromatic carbocycles. The molecule has 0 saturated heterocycles. The number of nitrogens with one attached hydrogen (secondary N) is 1. The van der Waals surface area contributed by atoms with Gasteiger partial charge in [-0.25, -0.2) is 4.79 Å². The second kappa shape index (κ2) is 6.30. The van der Waals surface area contributed by atoms with Crippen LogP contribution in [0.4, 0.5) is 0 Å². The second-order valence-electron chi connectivity index (χ2n) is 5.05. The number of hydrogen-bond acceptors (Lipinski definition) is 3. The van der Waals surface area contributed by atoms with E-state index in [9.17, 15) is 14.4 Å². The highest BCUT2D eigenvalue weighted by Gasteiger charge is 2.29. The van der Waals surface area contributed by atoms with Gasteiger partial charge in [0, 0.05) is 23.1 Å². The number of hydrogen-bond donors (Lipinski definition) is 3. The average molecular weight is 358 g/mol. The lowest BCUT2D eigenvalue weighted by molar-refractivity contribution is -0.139. The number of rotatable bonds is 7. The number of nitrogens with zero attached hydrogens (tertiary/aromatic N) is 1. The Bertz CT molecular complexity index is 580. The Morgan fingerprint density at radius 1 is 1.48 bits per heavy atom. The molecule has 2 rings (SSSR count). The predicted octanol–water partition coefficient (Wildman–Crippen LogP) is 1.03. The zero-order chi connectivity index (χ0) is 15.6. The highest BCUT2D eigenvalue weighted by atomic mass is 79.9. The van der Waals surface area contributed by atoms with Crippen molar-refractivity contribution in [3.8, 4) is 0 Å². The Balaban J connectivity index is 2.08. The maximum atomic E-state index is 12.2. The number of halogens is 1. The number of carboxylic acid groups (broad SMARTS) is 1. The van der Waals surface area contributed by atoms with Crippen molar-refractivity contribution < 1.29 is 19.5 Å². The van der Waals surface area contributed by atoms with Crippen LogP contribution in [-0.4, -0.2) is 33.5 Å². The lowest BCUT2D eigenvalue weighted by Crippen LogP contribution is -2.42. The molecule has 1 aromatic rings. The Kier molecular flexibility index (Phi) is 4.66. The second-order valence-corrected chi connectivity index (χ2v) is 5.97. The summed E-state index contributed by atoms with van der Waals surface area (Å²) in [5, 5.41) is 11.5. The summed E-state index contributed by atoms with van der Waals surface area (Å²) in [6.45, 7) is 0. The van der Waals surface area contributed by atoms with E-state index in [1.54, 1.807) is 6.07 Å². The van der Waals surface area contributed by atoms with Crippen molar-refractivity contribution >= 4 is 33.7 Å². The molecule has 114 valence electrons. The fourth-order valence-electron chi connectivity index (χ4n) is 2.06. The third kappa shape index (κ3) is 4.07. The van der Waals surface area contributed by atoms with E-state index in [4.69, 9.17) is 10.8 Å². The van der Waals surface area contributed by atoms with Crippen molar-refractivity contribution in [3.63, 3.8) is 0 Å². The van der Waals surface area contributed by atoms with Crippen LogP contribution < -0.4 is 11.1 Å². The molecule has 1 unspecified atom stereocenters. The van der Waals surface area contributed by atoms with Gasteiger partial charge in [-0.2, -0.15) is 0 Å². The Morgan fingerprint density at radius 2 is 2.14 bits per heavy atom. The highest BCUT2D eigenvalue weighted by Crippen LogP contribution is 2.37. The van der Waals surface area contributed by atoms with Gasteiger partial charge >= 0.3 is 5.97 Å². The van der Waals surface area contributed by atoms with Gasteiger partial charge in [0.05, 0.1) is 0 Å². The summed E-state index contributed by atoms with van der Waals surface area (Å²) in [7, 11) is 0. The maximum Gasteiger partial charge on any atom is 0.326 e. The molecule has 21 heavy (non-hydrogen) atoms. The smallest absolute Gasteiger partial charge is 0.326 e. The van der Waals surface area contributed by atoms with E-state index in [2.05, 4.69) is 21.2 Å². The molecule has 0 spiro atoms. The minimum atomic E-state index is -1.19. The zero-order valence-electron chi connectivity index (χ0n) is 11.2. The number of carbonyl (C=O) groups is 3. The minimum Gasteiger partial charge on any atom is -0.480 e. The molecule has 1 aromatic heterocycles. The van der Waals surface area contributed by atoms with E-state index in [0.29, 0.717) is 11.7 Å². The van der Waals surface area contributed by atoms with Gasteiger partial charge in [-0.15, -0.1) is 0 Å². The van der Waals surface area contributed by atoms with Crippen LogP contribution in [0, 0.1) is 0 Å². The fourth-order valence-corrected chi connectivity index (χ4v) is 2.50. The van der Waals surface area contributed by atoms with Gasteiger partial charge in [0.1, 0.15) is 11.7 Å². The first-order valence-electron chi connectivity index (χ1n) is 6.58. The van der Waals surface area contributed by atoms with E-state index in [1.165, 1.54) is 0 Å². The van der Waals surface area contributed by atoms with Gasteiger partial charge in [-0.1, -0.05) is 0 Å². The number of aliphatic carboxylic acids is 1. The van der Waals surface area contributed by atoms with Gasteiger partial charge in [0.2, 0.25) is 5.91 Å². The monoisotopic (exact) mass is 357 g/mol. The molecule has 1 heterocycles. The SMILES string of the molecule is NC(=O)CCC(NC(=O)c1cc(Br)cn1C1CC1)C(=O)O. The first-order chi connectivity index (χ1) is 9.88. The van der Waals surface area contributed by atoms with Crippen LogP contribution in [0.2, 0.25) is 0 Å². The number of amides is 2. The lowest BCUT2D eigenvalue weighted by Gasteiger charge is -2.14. The van der Waals surface area contributed by atoms with E-state index < -0.39 is 23.8 Å². The molecular formula is C13H16BrN3O4. The van der Waals surface area contributed by atoms with Crippen LogP contribution in [0.15, 0.2) is 16.7 Å². The summed E-state index contributed by atoms with van der Waals surface area (Å²) >= 11 is 3.31. The van der Waals surface area contributed by atoms with Crippen LogP contribution in [0.3, 0.4) is 0 Å². The number of nitrogens with two attached hydrogens (primary N) is 1. The Labute approximate surface area is 129 Å². The van der Waals surface area contributed by atoms with Gasteiger partial charge in [0.15, 0.2) is 0 Å². The molecule has 0 radical (unpaired) electrons. The summed E-state index contributed by atoms with van der Waals surface area (Å²) in [5.41, 5.74) is 5.42. The predicted molar refractivity (Wildman–Crippen MR) is 77.7 cm³/mol. The third-order valence-corrected chi connectivity index (χ3v) is 3.70. The van der Waals surface area contributed by atoms with Crippen molar-refractivity contribution in [2.45, 2.75) is 37.8 Å². The van der Waals surface area contributed by atoms with Crippen molar-refractivity contribution in [1.29, 1.82) is 0 Å². The molecular weight excluding hydrogens is 342 g/mol. The summed E-state index contributed by atoms with van der Waals surface area (Å²) in [5.74, 6) is -2.25. The van der Waals surface area contributed by atoms with Gasteiger partial charge < -0.3 is 20.7 Å². The van der Waals surface area contributed by atoms with Crippen molar-refractivity contribution in [1.82, 2.24) is 9.88 Å². The maximum absolute atomic E-state index is 12.2. The number of carboxylic acids is 1. The molecule has 1 aliphatic rings. The molecule has 1 fully saturated rings. The minimum absolute atomic E-state index is 0.0261. The standard InChI is InChI=1S/C13H16BrN3O4/c14-7-5-10(17(6-7)8-1-2-8)12(19)16-9(13(20)21)3-4-11(15)18/h5-6,8-9H,1-4H2,(H2,15,18)(H,16,19)(H,20,21). The summed E-state index contributed by atoms with van der Waals surface area (Å²) in [6, 6.07) is 0.818. The Morgan fingerprint density at radius 3 is 2.67 bits per heavy atom. The van der Waals surface area contributed by atoms with Crippen LogP contribution in [0.25, 0.3) is 0 Å². The number of primary amides is 1. The van der Waals surface area contributed by atoms with Gasteiger partial charge in [-0.3, -0.25) is 9.59 Å². The molecule has 0 bridgehead atoms. The molecule has 1 atom stereocenters. The molecule has 8 heteroatoms. The van der Waals surface area contributed by atoms with Crippen molar-refractivity contribution in [3.05, 3.63) is 22.4 Å². The fraction of sp³-hybridized carbons (Fsp3) is 0.462. The first kappa shape index (κ1) is 15.6. The summed E-state index contributed by atoms with van der Waals surface area (Å²) < 4.78 is 2.61. The van der Waals surface area contributed by atoms with Crippen molar-refractivity contribution in [2.75, 3.05) is 0 Å². The molecule has 0 aliphatic heterocycles. The molecule has 1 saturated carbocycles. The summed E-state index contributed by atoms with van der Waals surface area (Å²) in [4.78, 5) is 34.1. The molecule has 7 nitrogen and oxygen atoms in total. The van der Waals surface area contributed by atoms with Crippen LogP contribution in [-0.2, 0) is 9.59 Å². The average Bonchev–Trinajstić information content (AvgIpc) is 3.16. The van der Waals surface area contributed by atoms with E-state index in [-0.39, 0.29) is 12.8 Å². The lowest BCUT2D eigenvalue weighted by atomic mass is 10.1. The first-order valence-corrected chi connectivity index (χ1v) is 7.37. The summed E-state index contributed by atoms with van der Waals surface area (Å²) in [6.07, 6.45) is 3.70. The normalized spacial score (nSPS) is 15.5. The zero-order valence-corrected chi connectivity index (χ0v) is 12.8. The van der Waals surface area contributed by atoms with Crippen LogP contribution in [0.1, 0.15) is 42.2 Å². The van der Waals surface area contributed by atoms with E-state index >= 15 is 0 Å². The topological polar surface area (TPSA) is 114 Å². The Hall–Kier alpha value is -1.83. The third-order valence-electron chi connectivity index (χ3n) is 3.27. The van der Waals surface area contributed by atoms with E-state index in [0.717, 1.165) is 17.3 Å². The molecule has 2 amide bonds. The van der Waals surface area contributed by atoms with Gasteiger partial charge in [-0.05, 0) is 41.3 Å². The van der Waals surface area contributed by atoms with Crippen LogP contribution >= 0.6 is 15.9 Å². The molecule has 1 aliphatic carbocycles. The number of carbonyl (C=O) groups excluding carboxylic acids is 2.